The standard InChI is InChI=1S/C18H20N2O/c1-12-11-15(12)17(14-8-4-3-5-9-14)20-18(21)16-10-6-7-13(2)19-16/h3-10,12,15,17H,11H2,1-2H3,(H,20,21). The van der Waals surface area contributed by atoms with Gasteiger partial charge in [0.15, 0.2) is 0 Å². The number of amides is 1. The van der Waals surface area contributed by atoms with Crippen molar-refractivity contribution in [3.8, 4) is 0 Å². The van der Waals surface area contributed by atoms with Crippen molar-refractivity contribution in [1.82, 2.24) is 10.3 Å². The van der Waals surface area contributed by atoms with Crippen LogP contribution in [-0.4, -0.2) is 10.9 Å². The third-order valence-electron chi connectivity index (χ3n) is 4.17. The average Bonchev–Trinajstić information content (AvgIpc) is 3.22. The van der Waals surface area contributed by atoms with Crippen LogP contribution >= 0.6 is 0 Å². The number of carbonyl (C=O) groups excluding carboxylic acids is 1. The summed E-state index contributed by atoms with van der Waals surface area (Å²) >= 11 is 0. The fourth-order valence-corrected chi connectivity index (χ4v) is 2.80. The topological polar surface area (TPSA) is 42.0 Å². The summed E-state index contributed by atoms with van der Waals surface area (Å²) in [6.45, 7) is 4.13. The fraction of sp³-hybridized carbons (Fsp3) is 0.333. The van der Waals surface area contributed by atoms with Crippen molar-refractivity contribution in [3.05, 3.63) is 65.5 Å². The third-order valence-corrected chi connectivity index (χ3v) is 4.17. The molecule has 3 unspecified atom stereocenters. The van der Waals surface area contributed by atoms with Crippen LogP contribution in [0.3, 0.4) is 0 Å². The van der Waals surface area contributed by atoms with E-state index < -0.39 is 0 Å². The number of aromatic nitrogens is 1. The van der Waals surface area contributed by atoms with Crippen LogP contribution in [0.25, 0.3) is 0 Å². The van der Waals surface area contributed by atoms with E-state index in [0.717, 1.165) is 5.69 Å². The maximum Gasteiger partial charge on any atom is 0.270 e. The molecule has 0 saturated heterocycles. The molecule has 21 heavy (non-hydrogen) atoms. The van der Waals surface area contributed by atoms with E-state index in [2.05, 4.69) is 29.4 Å². The molecule has 1 aromatic carbocycles. The molecular weight excluding hydrogens is 260 g/mol. The third kappa shape index (κ3) is 3.13. The van der Waals surface area contributed by atoms with Crippen LogP contribution in [0, 0.1) is 18.8 Å². The Bertz CT molecular complexity index is 639. The molecular formula is C18H20N2O. The molecule has 1 aliphatic rings. The molecule has 1 aromatic heterocycles. The predicted molar refractivity (Wildman–Crippen MR) is 82.9 cm³/mol. The number of nitrogens with one attached hydrogen (secondary N) is 1. The molecule has 0 spiro atoms. The Morgan fingerprint density at radius 2 is 1.90 bits per heavy atom. The summed E-state index contributed by atoms with van der Waals surface area (Å²) in [6, 6.07) is 15.8. The summed E-state index contributed by atoms with van der Waals surface area (Å²) in [5.74, 6) is 1.11. The quantitative estimate of drug-likeness (QED) is 0.931. The lowest BCUT2D eigenvalue weighted by atomic mass is 10.0. The molecule has 3 rings (SSSR count). The number of hydrogen-bond acceptors (Lipinski definition) is 2. The van der Waals surface area contributed by atoms with Crippen LogP contribution in [0.2, 0.25) is 0 Å². The molecule has 108 valence electrons. The Kier molecular flexibility index (Phi) is 3.74. The smallest absolute Gasteiger partial charge is 0.270 e. The highest BCUT2D eigenvalue weighted by atomic mass is 16.1. The van der Waals surface area contributed by atoms with Gasteiger partial charge in [-0.3, -0.25) is 4.79 Å². The average molecular weight is 280 g/mol. The van der Waals surface area contributed by atoms with Crippen molar-refractivity contribution in [2.24, 2.45) is 11.8 Å². The normalized spacial score (nSPS) is 21.6. The Morgan fingerprint density at radius 3 is 2.52 bits per heavy atom. The van der Waals surface area contributed by atoms with Gasteiger partial charge in [-0.05, 0) is 42.9 Å². The summed E-state index contributed by atoms with van der Waals surface area (Å²) in [4.78, 5) is 16.8. The molecule has 1 heterocycles. The molecule has 1 saturated carbocycles. The molecule has 1 aliphatic carbocycles. The lowest BCUT2D eigenvalue weighted by molar-refractivity contribution is 0.0925. The fourth-order valence-electron chi connectivity index (χ4n) is 2.80. The van der Waals surface area contributed by atoms with Crippen LogP contribution in [0.5, 0.6) is 0 Å². The summed E-state index contributed by atoms with van der Waals surface area (Å²) in [5.41, 5.74) is 2.52. The van der Waals surface area contributed by atoms with Crippen LogP contribution in [0.4, 0.5) is 0 Å². The predicted octanol–water partition coefficient (Wildman–Crippen LogP) is 3.52. The van der Waals surface area contributed by atoms with Gasteiger partial charge in [0.25, 0.3) is 5.91 Å². The molecule has 0 radical (unpaired) electrons. The zero-order chi connectivity index (χ0) is 14.8. The maximum absolute atomic E-state index is 12.4. The van der Waals surface area contributed by atoms with Gasteiger partial charge in [-0.2, -0.15) is 0 Å². The van der Waals surface area contributed by atoms with Gasteiger partial charge in [0.2, 0.25) is 0 Å². The minimum absolute atomic E-state index is 0.0796. The molecule has 3 nitrogen and oxygen atoms in total. The second-order valence-electron chi connectivity index (χ2n) is 5.90. The first-order chi connectivity index (χ1) is 10.1. The second kappa shape index (κ2) is 5.68. The minimum atomic E-state index is -0.0911. The van der Waals surface area contributed by atoms with Gasteiger partial charge in [0.05, 0.1) is 6.04 Å². The Hall–Kier alpha value is -2.16. The van der Waals surface area contributed by atoms with Crippen LogP contribution in [-0.2, 0) is 0 Å². The Balaban J connectivity index is 1.81. The van der Waals surface area contributed by atoms with Gasteiger partial charge in [-0.25, -0.2) is 4.98 Å². The highest BCUT2D eigenvalue weighted by Gasteiger charge is 2.41. The van der Waals surface area contributed by atoms with E-state index in [-0.39, 0.29) is 11.9 Å². The first-order valence-electron chi connectivity index (χ1n) is 7.44. The molecule has 3 heteroatoms. The van der Waals surface area contributed by atoms with Crippen molar-refractivity contribution in [3.63, 3.8) is 0 Å². The lowest BCUT2D eigenvalue weighted by Crippen LogP contribution is -2.31. The Labute approximate surface area is 125 Å². The first kappa shape index (κ1) is 13.8. The number of nitrogens with zero attached hydrogens (tertiary/aromatic N) is 1. The molecule has 0 aliphatic heterocycles. The summed E-state index contributed by atoms with van der Waals surface area (Å²) in [5, 5.41) is 3.17. The van der Waals surface area contributed by atoms with E-state index in [1.807, 2.05) is 37.3 Å². The zero-order valence-electron chi connectivity index (χ0n) is 12.4. The number of carbonyl (C=O) groups is 1. The van der Waals surface area contributed by atoms with E-state index in [1.54, 1.807) is 6.07 Å². The summed E-state index contributed by atoms with van der Waals surface area (Å²) in [7, 11) is 0. The van der Waals surface area contributed by atoms with E-state index in [1.165, 1.54) is 12.0 Å². The highest BCUT2D eigenvalue weighted by Crippen LogP contribution is 2.46. The van der Waals surface area contributed by atoms with Crippen LogP contribution < -0.4 is 5.32 Å². The van der Waals surface area contributed by atoms with Crippen LogP contribution in [0.1, 0.15) is 41.1 Å². The highest BCUT2D eigenvalue weighted by molar-refractivity contribution is 5.92. The molecule has 0 bridgehead atoms. The van der Waals surface area contributed by atoms with E-state index in [4.69, 9.17) is 0 Å². The summed E-state index contributed by atoms with van der Waals surface area (Å²) in [6.07, 6.45) is 1.17. The van der Waals surface area contributed by atoms with Crippen molar-refractivity contribution in [2.45, 2.75) is 26.3 Å². The van der Waals surface area contributed by atoms with Gasteiger partial charge in [0, 0.05) is 5.69 Å². The first-order valence-corrected chi connectivity index (χ1v) is 7.44. The number of hydrogen-bond donors (Lipinski definition) is 1. The van der Waals surface area contributed by atoms with Gasteiger partial charge in [0.1, 0.15) is 5.69 Å². The van der Waals surface area contributed by atoms with Crippen molar-refractivity contribution in [2.75, 3.05) is 0 Å². The van der Waals surface area contributed by atoms with Gasteiger partial charge in [-0.1, -0.05) is 43.3 Å². The lowest BCUT2D eigenvalue weighted by Gasteiger charge is -2.19. The van der Waals surface area contributed by atoms with Crippen molar-refractivity contribution in [1.29, 1.82) is 0 Å². The number of rotatable bonds is 4. The molecule has 2 aromatic rings. The van der Waals surface area contributed by atoms with Gasteiger partial charge >= 0.3 is 0 Å². The summed E-state index contributed by atoms with van der Waals surface area (Å²) < 4.78 is 0. The van der Waals surface area contributed by atoms with Gasteiger partial charge < -0.3 is 5.32 Å². The molecule has 1 N–H and O–H groups in total. The second-order valence-corrected chi connectivity index (χ2v) is 5.90. The maximum atomic E-state index is 12.4. The van der Waals surface area contributed by atoms with Crippen LogP contribution in [0.15, 0.2) is 48.5 Å². The van der Waals surface area contributed by atoms with Gasteiger partial charge in [-0.15, -0.1) is 0 Å². The van der Waals surface area contributed by atoms with Crippen molar-refractivity contribution >= 4 is 5.91 Å². The number of benzene rings is 1. The monoisotopic (exact) mass is 280 g/mol. The molecule has 3 atom stereocenters. The largest absolute Gasteiger partial charge is 0.344 e. The number of pyridine rings is 1. The van der Waals surface area contributed by atoms with E-state index in [9.17, 15) is 4.79 Å². The molecule has 1 amide bonds. The zero-order valence-corrected chi connectivity index (χ0v) is 12.4. The number of aryl methyl sites for hydroxylation is 1. The minimum Gasteiger partial charge on any atom is -0.344 e. The van der Waals surface area contributed by atoms with E-state index in [0.29, 0.717) is 17.5 Å². The van der Waals surface area contributed by atoms with Crippen molar-refractivity contribution < 1.29 is 4.79 Å². The van der Waals surface area contributed by atoms with E-state index >= 15 is 0 Å². The SMILES string of the molecule is Cc1cccc(C(=O)NC(c2ccccc2)C2CC2C)n1. The Morgan fingerprint density at radius 1 is 1.19 bits per heavy atom. The molecule has 1 fully saturated rings.